The number of amides is 2. The summed E-state index contributed by atoms with van der Waals surface area (Å²) in [4.78, 5) is 32.3. The summed E-state index contributed by atoms with van der Waals surface area (Å²) in [5.41, 5.74) is 3.39. The van der Waals surface area contributed by atoms with Crippen molar-refractivity contribution in [2.24, 2.45) is 13.0 Å². The van der Waals surface area contributed by atoms with Crippen molar-refractivity contribution in [1.82, 2.24) is 19.8 Å². The average Bonchev–Trinajstić information content (AvgIpc) is 3.17. The van der Waals surface area contributed by atoms with Crippen molar-refractivity contribution in [2.75, 3.05) is 36.4 Å². The minimum Gasteiger partial charge on any atom is -0.367 e. The maximum absolute atomic E-state index is 13.1. The smallest absolute Gasteiger partial charge is 0.367 e. The molecule has 1 atom stereocenters. The molecule has 4 rings (SSSR count). The highest BCUT2D eigenvalue weighted by Crippen LogP contribution is 2.34. The van der Waals surface area contributed by atoms with Crippen LogP contribution in [-0.4, -0.2) is 58.6 Å². The van der Waals surface area contributed by atoms with E-state index in [1.54, 1.807) is 36.1 Å². The number of aryl methyl sites for hydroxylation is 1. The van der Waals surface area contributed by atoms with Gasteiger partial charge in [0.2, 0.25) is 17.8 Å². The second kappa shape index (κ2) is 11.5. The van der Waals surface area contributed by atoms with Crippen LogP contribution in [0.3, 0.4) is 0 Å². The molecule has 1 saturated heterocycles. The lowest BCUT2D eigenvalue weighted by atomic mass is 10.1. The van der Waals surface area contributed by atoms with E-state index in [0.29, 0.717) is 58.9 Å². The summed E-state index contributed by atoms with van der Waals surface area (Å²) in [5, 5.41) is 6.46. The Morgan fingerprint density at radius 1 is 1.08 bits per heavy atom. The number of halogens is 5. The highest BCUT2D eigenvalue weighted by atomic mass is 35.5. The van der Waals surface area contributed by atoms with E-state index in [9.17, 15) is 22.8 Å². The number of rotatable bonds is 7. The van der Waals surface area contributed by atoms with Gasteiger partial charge in [-0.05, 0) is 36.2 Å². The molecular weight excluding hydrogens is 556 g/mol. The van der Waals surface area contributed by atoms with Gasteiger partial charge in [-0.1, -0.05) is 36.2 Å². The largest absolute Gasteiger partial charge is 0.400 e. The normalized spacial score (nSPS) is 15.0. The number of nitrogens with zero attached hydrogens (tertiary/aromatic N) is 4. The molecule has 0 aliphatic carbocycles. The van der Waals surface area contributed by atoms with E-state index in [1.165, 1.54) is 6.92 Å². The first-order valence-electron chi connectivity index (χ1n) is 12.4. The van der Waals surface area contributed by atoms with Crippen molar-refractivity contribution in [2.45, 2.75) is 33.0 Å². The Bertz CT molecular complexity index is 1390. The Labute approximate surface area is 234 Å². The molecule has 0 saturated carbocycles. The second-order valence-corrected chi connectivity index (χ2v) is 10.3. The van der Waals surface area contributed by atoms with Gasteiger partial charge < -0.3 is 25.0 Å². The summed E-state index contributed by atoms with van der Waals surface area (Å²) in [5.74, 6) is -2.60. The van der Waals surface area contributed by atoms with Crippen molar-refractivity contribution in [3.05, 3.63) is 45.9 Å². The molecule has 2 aromatic carbocycles. The first kappa shape index (κ1) is 28.8. The van der Waals surface area contributed by atoms with Crippen LogP contribution in [0.4, 0.5) is 30.5 Å². The molecule has 0 spiro atoms. The number of piperazine rings is 1. The summed E-state index contributed by atoms with van der Waals surface area (Å²) in [6, 6.07) is 8.63. The highest BCUT2D eigenvalue weighted by molar-refractivity contribution is 6.34. The van der Waals surface area contributed by atoms with E-state index in [1.807, 2.05) is 17.7 Å². The molecule has 1 aliphatic rings. The zero-order chi connectivity index (χ0) is 28.5. The molecule has 0 radical (unpaired) electrons. The van der Waals surface area contributed by atoms with Crippen LogP contribution in [0, 0.1) is 5.92 Å². The van der Waals surface area contributed by atoms with Crippen molar-refractivity contribution in [1.29, 1.82) is 0 Å². The first-order chi connectivity index (χ1) is 18.4. The molecular formula is C26H29Cl2F3N6O2. The number of aromatic nitrogens is 2. The fourth-order valence-corrected chi connectivity index (χ4v) is 5.04. The van der Waals surface area contributed by atoms with E-state index < -0.39 is 18.0 Å². The Balaban J connectivity index is 1.52. The Morgan fingerprint density at radius 3 is 2.38 bits per heavy atom. The molecule has 1 fully saturated rings. The minimum absolute atomic E-state index is 0.0510. The van der Waals surface area contributed by atoms with Gasteiger partial charge in [-0.15, -0.1) is 0 Å². The Morgan fingerprint density at radius 2 is 1.77 bits per heavy atom. The van der Waals surface area contributed by atoms with E-state index in [4.69, 9.17) is 23.2 Å². The lowest BCUT2D eigenvalue weighted by Gasteiger charge is -2.36. The fourth-order valence-electron chi connectivity index (χ4n) is 4.59. The van der Waals surface area contributed by atoms with Crippen LogP contribution in [0.1, 0.15) is 25.8 Å². The third-order valence-corrected chi connectivity index (χ3v) is 7.51. The summed E-state index contributed by atoms with van der Waals surface area (Å²) >= 11 is 13.0. The fraction of sp³-hybridized carbons (Fsp3) is 0.423. The predicted molar refractivity (Wildman–Crippen MR) is 147 cm³/mol. The van der Waals surface area contributed by atoms with Crippen LogP contribution in [0.5, 0.6) is 0 Å². The maximum Gasteiger partial charge on any atom is 0.400 e. The SMILES string of the molecule is CCC(C(=O)NCc1ccc(Cl)c(Nc2nc3cc(Cl)c(N4CCN(C(C)=O)CC4)cc3n2C)c1)C(F)(F)F. The zero-order valence-corrected chi connectivity index (χ0v) is 23.2. The van der Waals surface area contributed by atoms with Crippen LogP contribution < -0.4 is 15.5 Å². The van der Waals surface area contributed by atoms with E-state index in [0.717, 1.165) is 11.2 Å². The van der Waals surface area contributed by atoms with Crippen LogP contribution in [0.15, 0.2) is 30.3 Å². The number of anilines is 3. The third kappa shape index (κ3) is 6.36. The quantitative estimate of drug-likeness (QED) is 0.383. The zero-order valence-electron chi connectivity index (χ0n) is 21.7. The molecule has 210 valence electrons. The summed E-state index contributed by atoms with van der Waals surface area (Å²) in [7, 11) is 1.84. The van der Waals surface area contributed by atoms with Crippen LogP contribution in [0.25, 0.3) is 11.0 Å². The number of hydrogen-bond acceptors (Lipinski definition) is 5. The first-order valence-corrected chi connectivity index (χ1v) is 13.2. The molecule has 39 heavy (non-hydrogen) atoms. The summed E-state index contributed by atoms with van der Waals surface area (Å²) < 4.78 is 41.0. The Hall–Kier alpha value is -3.18. The maximum atomic E-state index is 13.1. The number of carbonyl (C=O) groups is 2. The van der Waals surface area contributed by atoms with Gasteiger partial charge in [0, 0.05) is 46.7 Å². The van der Waals surface area contributed by atoms with E-state index in [2.05, 4.69) is 20.5 Å². The third-order valence-electron chi connectivity index (χ3n) is 6.88. The molecule has 2 amide bonds. The topological polar surface area (TPSA) is 82.5 Å². The van der Waals surface area contributed by atoms with Gasteiger partial charge in [0.1, 0.15) is 5.92 Å². The van der Waals surface area contributed by atoms with Crippen molar-refractivity contribution < 1.29 is 22.8 Å². The number of nitrogens with one attached hydrogen (secondary N) is 2. The monoisotopic (exact) mass is 584 g/mol. The van der Waals surface area contributed by atoms with Gasteiger partial charge in [-0.25, -0.2) is 4.98 Å². The van der Waals surface area contributed by atoms with Crippen molar-refractivity contribution in [3.63, 3.8) is 0 Å². The summed E-state index contributed by atoms with van der Waals surface area (Å²) in [6.45, 7) is 5.36. The van der Waals surface area contributed by atoms with Crippen LogP contribution >= 0.6 is 23.2 Å². The molecule has 0 bridgehead atoms. The number of imidazole rings is 1. The lowest BCUT2D eigenvalue weighted by molar-refractivity contribution is -0.183. The molecule has 1 aliphatic heterocycles. The standard InChI is InChI=1S/C26H29Cl2F3N6O2/c1-4-17(26(29,30)31)24(39)32-14-16-5-6-18(27)20(11-16)33-25-34-21-12-19(28)22(13-23(21)35(25)3)37-9-7-36(8-10-37)15(2)38/h5-6,11-13,17H,4,7-10,14H2,1-3H3,(H,32,39)(H,33,34). The highest BCUT2D eigenvalue weighted by Gasteiger charge is 2.43. The van der Waals surface area contributed by atoms with E-state index >= 15 is 0 Å². The number of carbonyl (C=O) groups excluding carboxylic acids is 2. The molecule has 1 aromatic heterocycles. The average molecular weight is 585 g/mol. The number of hydrogen-bond donors (Lipinski definition) is 2. The van der Waals surface area contributed by atoms with Crippen molar-refractivity contribution >= 4 is 63.4 Å². The second-order valence-electron chi connectivity index (χ2n) is 9.44. The van der Waals surface area contributed by atoms with Crippen molar-refractivity contribution in [3.8, 4) is 0 Å². The Kier molecular flexibility index (Phi) is 8.51. The van der Waals surface area contributed by atoms with Gasteiger partial charge in [0.25, 0.3) is 0 Å². The molecule has 8 nitrogen and oxygen atoms in total. The van der Waals surface area contributed by atoms with Crippen LogP contribution in [0.2, 0.25) is 10.0 Å². The predicted octanol–water partition coefficient (Wildman–Crippen LogP) is 5.50. The van der Waals surface area contributed by atoms with Gasteiger partial charge >= 0.3 is 6.18 Å². The number of alkyl halides is 3. The molecule has 2 N–H and O–H groups in total. The number of benzene rings is 2. The minimum atomic E-state index is -4.60. The number of fused-ring (bicyclic) bond motifs is 1. The molecule has 2 heterocycles. The molecule has 1 unspecified atom stereocenters. The van der Waals surface area contributed by atoms with Gasteiger partial charge in [-0.2, -0.15) is 13.2 Å². The van der Waals surface area contributed by atoms with Gasteiger partial charge in [-0.3, -0.25) is 9.59 Å². The molecule has 13 heteroatoms. The summed E-state index contributed by atoms with van der Waals surface area (Å²) in [6.07, 6.45) is -4.94. The van der Waals surface area contributed by atoms with Crippen LogP contribution in [-0.2, 0) is 23.2 Å². The lowest BCUT2D eigenvalue weighted by Crippen LogP contribution is -2.48. The van der Waals surface area contributed by atoms with Gasteiger partial charge in [0.15, 0.2) is 0 Å². The van der Waals surface area contributed by atoms with Gasteiger partial charge in [0.05, 0.1) is 32.5 Å². The molecule has 3 aromatic rings. The van der Waals surface area contributed by atoms with E-state index in [-0.39, 0.29) is 18.9 Å².